The molecule has 0 aliphatic carbocycles. The third-order valence-electron chi connectivity index (χ3n) is 3.53. The molecule has 1 amide bonds. The summed E-state index contributed by atoms with van der Waals surface area (Å²) in [6.07, 6.45) is 1.53. The lowest BCUT2D eigenvalue weighted by Gasteiger charge is -2.09. The zero-order valence-corrected chi connectivity index (χ0v) is 13.9. The molecule has 0 saturated heterocycles. The topological polar surface area (TPSA) is 54.0 Å². The minimum absolute atomic E-state index is 0.139. The summed E-state index contributed by atoms with van der Waals surface area (Å²) in [5, 5.41) is 6.37. The molecule has 0 fully saturated rings. The molecule has 0 aliphatic heterocycles. The van der Waals surface area contributed by atoms with E-state index in [2.05, 4.69) is 15.6 Å². The summed E-state index contributed by atoms with van der Waals surface area (Å²) in [6.45, 7) is 0.544. The summed E-state index contributed by atoms with van der Waals surface area (Å²) in [5.41, 5.74) is 1.56. The highest BCUT2D eigenvalue weighted by molar-refractivity contribution is 6.30. The largest absolute Gasteiger partial charge is 0.366 e. The van der Waals surface area contributed by atoms with Crippen molar-refractivity contribution in [3.63, 3.8) is 0 Å². The third-order valence-corrected chi connectivity index (χ3v) is 3.78. The van der Waals surface area contributed by atoms with Crippen LogP contribution in [0.4, 0.5) is 15.9 Å². The van der Waals surface area contributed by atoms with Crippen molar-refractivity contribution in [3.05, 3.63) is 88.8 Å². The molecule has 0 bridgehead atoms. The summed E-state index contributed by atoms with van der Waals surface area (Å²) in [6, 6.07) is 16.6. The molecule has 0 aliphatic rings. The van der Waals surface area contributed by atoms with E-state index in [9.17, 15) is 9.18 Å². The highest BCUT2D eigenvalue weighted by atomic mass is 35.5. The normalized spacial score (nSPS) is 10.3. The van der Waals surface area contributed by atoms with Crippen molar-refractivity contribution < 1.29 is 9.18 Å². The number of nitrogens with one attached hydrogen (secondary N) is 2. The predicted octanol–water partition coefficient (Wildman–Crippen LogP) is 4.74. The number of nitrogens with zero attached hydrogens (tertiary/aromatic N) is 1. The van der Waals surface area contributed by atoms with Gasteiger partial charge < -0.3 is 10.6 Å². The summed E-state index contributed by atoms with van der Waals surface area (Å²) >= 11 is 5.86. The van der Waals surface area contributed by atoms with Crippen LogP contribution in [0.5, 0.6) is 0 Å². The third kappa shape index (κ3) is 4.55. The van der Waals surface area contributed by atoms with E-state index in [1.54, 1.807) is 24.3 Å². The van der Waals surface area contributed by atoms with E-state index >= 15 is 0 Å². The van der Waals surface area contributed by atoms with E-state index in [0.717, 1.165) is 5.56 Å². The summed E-state index contributed by atoms with van der Waals surface area (Å²) in [7, 11) is 0. The monoisotopic (exact) mass is 355 g/mol. The van der Waals surface area contributed by atoms with Crippen molar-refractivity contribution in [2.24, 2.45) is 0 Å². The average molecular weight is 356 g/mol. The van der Waals surface area contributed by atoms with Gasteiger partial charge in [0, 0.05) is 23.3 Å². The molecule has 1 heterocycles. The van der Waals surface area contributed by atoms with Crippen LogP contribution in [-0.4, -0.2) is 10.9 Å². The van der Waals surface area contributed by atoms with Crippen LogP contribution >= 0.6 is 11.6 Å². The molecule has 4 nitrogen and oxygen atoms in total. The van der Waals surface area contributed by atoms with Crippen LogP contribution in [0, 0.1) is 5.82 Å². The fourth-order valence-electron chi connectivity index (χ4n) is 2.22. The first-order valence-electron chi connectivity index (χ1n) is 7.62. The maximum Gasteiger partial charge on any atom is 0.255 e. The predicted molar refractivity (Wildman–Crippen MR) is 97.4 cm³/mol. The highest BCUT2D eigenvalue weighted by Gasteiger charge is 2.10. The van der Waals surface area contributed by atoms with E-state index in [4.69, 9.17) is 11.6 Å². The molecule has 2 aromatic carbocycles. The number of para-hydroxylation sites is 1. The number of hydrogen-bond acceptors (Lipinski definition) is 3. The van der Waals surface area contributed by atoms with Gasteiger partial charge in [0.05, 0.1) is 5.69 Å². The van der Waals surface area contributed by atoms with Crippen LogP contribution in [0.15, 0.2) is 66.9 Å². The Bertz CT molecular complexity index is 884. The zero-order valence-electron chi connectivity index (χ0n) is 13.2. The number of pyridine rings is 1. The fourth-order valence-corrected chi connectivity index (χ4v) is 2.35. The number of amides is 1. The molecule has 3 aromatic rings. The first-order valence-corrected chi connectivity index (χ1v) is 8.00. The maximum absolute atomic E-state index is 13.6. The number of anilines is 2. The zero-order chi connectivity index (χ0) is 17.6. The Balaban J connectivity index is 1.67. The van der Waals surface area contributed by atoms with Crippen LogP contribution in [0.25, 0.3) is 0 Å². The van der Waals surface area contributed by atoms with Crippen molar-refractivity contribution in [1.29, 1.82) is 0 Å². The quantitative estimate of drug-likeness (QED) is 0.695. The van der Waals surface area contributed by atoms with Gasteiger partial charge in [-0.1, -0.05) is 35.9 Å². The molecule has 0 saturated carbocycles. The molecule has 3 rings (SSSR count). The Morgan fingerprint density at radius 3 is 2.60 bits per heavy atom. The lowest BCUT2D eigenvalue weighted by molar-refractivity contribution is 0.102. The van der Waals surface area contributed by atoms with E-state index in [-0.39, 0.29) is 5.69 Å². The van der Waals surface area contributed by atoms with Gasteiger partial charge in [0.25, 0.3) is 5.91 Å². The second-order valence-electron chi connectivity index (χ2n) is 5.34. The van der Waals surface area contributed by atoms with Crippen LogP contribution in [0.2, 0.25) is 5.02 Å². The number of halogens is 2. The van der Waals surface area contributed by atoms with Crippen molar-refractivity contribution >= 4 is 29.0 Å². The smallest absolute Gasteiger partial charge is 0.255 e. The fraction of sp³-hybridized carbons (Fsp3) is 0.0526. The molecule has 0 radical (unpaired) electrons. The Kier molecular flexibility index (Phi) is 5.26. The molecule has 0 atom stereocenters. The van der Waals surface area contributed by atoms with Crippen molar-refractivity contribution in [3.8, 4) is 0 Å². The van der Waals surface area contributed by atoms with Gasteiger partial charge in [-0.15, -0.1) is 0 Å². The number of rotatable bonds is 5. The summed E-state index contributed by atoms with van der Waals surface area (Å²) < 4.78 is 13.6. The standard InChI is InChI=1S/C19H15ClFN3O/c20-15-7-5-13(6-8-15)12-23-18-11-14(9-10-22-18)19(25)24-17-4-2-1-3-16(17)21/h1-11H,12H2,(H,22,23)(H,24,25). The highest BCUT2D eigenvalue weighted by Crippen LogP contribution is 2.16. The van der Waals surface area contributed by atoms with E-state index in [1.165, 1.54) is 18.3 Å². The van der Waals surface area contributed by atoms with Gasteiger partial charge in [-0.2, -0.15) is 0 Å². The van der Waals surface area contributed by atoms with Crippen LogP contribution in [-0.2, 0) is 6.54 Å². The molecule has 2 N–H and O–H groups in total. The van der Waals surface area contributed by atoms with Crippen LogP contribution in [0.3, 0.4) is 0 Å². The number of carbonyl (C=O) groups is 1. The molecule has 25 heavy (non-hydrogen) atoms. The molecule has 0 unspecified atom stereocenters. The Hall–Kier alpha value is -2.92. The summed E-state index contributed by atoms with van der Waals surface area (Å²) in [5.74, 6) is -0.329. The van der Waals surface area contributed by atoms with Gasteiger partial charge >= 0.3 is 0 Å². The number of benzene rings is 2. The first kappa shape index (κ1) is 16.9. The molecular weight excluding hydrogens is 341 g/mol. The minimum Gasteiger partial charge on any atom is -0.366 e. The maximum atomic E-state index is 13.6. The molecular formula is C19H15ClFN3O. The first-order chi connectivity index (χ1) is 12.1. The lowest BCUT2D eigenvalue weighted by atomic mass is 10.2. The second kappa shape index (κ2) is 7.77. The van der Waals surface area contributed by atoms with E-state index in [1.807, 2.05) is 24.3 Å². The lowest BCUT2D eigenvalue weighted by Crippen LogP contribution is -2.13. The molecule has 0 spiro atoms. The SMILES string of the molecule is O=C(Nc1ccccc1F)c1ccnc(NCc2ccc(Cl)cc2)c1. The van der Waals surface area contributed by atoms with E-state index in [0.29, 0.717) is 22.9 Å². The van der Waals surface area contributed by atoms with Gasteiger partial charge in [0.1, 0.15) is 11.6 Å². The van der Waals surface area contributed by atoms with Crippen molar-refractivity contribution in [2.45, 2.75) is 6.54 Å². The molecule has 1 aromatic heterocycles. The Labute approximate surface area is 149 Å². The molecule has 126 valence electrons. The van der Waals surface area contributed by atoms with Gasteiger partial charge in [-0.05, 0) is 42.0 Å². The molecule has 6 heteroatoms. The van der Waals surface area contributed by atoms with Gasteiger partial charge in [0.2, 0.25) is 0 Å². The van der Waals surface area contributed by atoms with Crippen LogP contribution < -0.4 is 10.6 Å². The van der Waals surface area contributed by atoms with Gasteiger partial charge in [-0.25, -0.2) is 9.37 Å². The van der Waals surface area contributed by atoms with E-state index < -0.39 is 11.7 Å². The van der Waals surface area contributed by atoms with Crippen molar-refractivity contribution in [1.82, 2.24) is 4.98 Å². The van der Waals surface area contributed by atoms with Crippen LogP contribution in [0.1, 0.15) is 15.9 Å². The second-order valence-corrected chi connectivity index (χ2v) is 5.78. The average Bonchev–Trinajstić information content (AvgIpc) is 2.63. The Morgan fingerprint density at radius 2 is 1.84 bits per heavy atom. The van der Waals surface area contributed by atoms with Gasteiger partial charge in [0.15, 0.2) is 0 Å². The Morgan fingerprint density at radius 1 is 1.08 bits per heavy atom. The number of carbonyl (C=O) groups excluding carboxylic acids is 1. The summed E-state index contributed by atoms with van der Waals surface area (Å²) in [4.78, 5) is 16.5. The van der Waals surface area contributed by atoms with Gasteiger partial charge in [-0.3, -0.25) is 4.79 Å². The number of aromatic nitrogens is 1. The minimum atomic E-state index is -0.481. The van der Waals surface area contributed by atoms with Crippen molar-refractivity contribution in [2.75, 3.05) is 10.6 Å². The number of hydrogen-bond donors (Lipinski definition) is 2.